The van der Waals surface area contributed by atoms with Gasteiger partial charge in [-0.1, -0.05) is 13.8 Å². The quantitative estimate of drug-likeness (QED) is 0.816. The van der Waals surface area contributed by atoms with Gasteiger partial charge in [0.1, 0.15) is 6.54 Å². The molecule has 0 bridgehead atoms. The highest BCUT2D eigenvalue weighted by Crippen LogP contribution is 2.26. The van der Waals surface area contributed by atoms with Crippen molar-refractivity contribution in [3.63, 3.8) is 0 Å². The fourth-order valence-electron chi connectivity index (χ4n) is 1.37. The number of hydrogen-bond acceptors (Lipinski definition) is 2. The number of alkyl halides is 3. The molecule has 0 aromatic rings. The number of carboxylic acids is 1. The largest absolute Gasteiger partial charge is 0.481 e. The van der Waals surface area contributed by atoms with E-state index in [2.05, 4.69) is 0 Å². The van der Waals surface area contributed by atoms with Gasteiger partial charge in [0.15, 0.2) is 0 Å². The maximum atomic E-state index is 12.0. The molecule has 0 radical (unpaired) electrons. The number of amides is 1. The molecule has 0 aromatic carbocycles. The average molecular weight is 255 g/mol. The van der Waals surface area contributed by atoms with E-state index in [-0.39, 0.29) is 12.8 Å². The number of carbonyl (C=O) groups excluding carboxylic acids is 1. The number of halogens is 3. The molecule has 17 heavy (non-hydrogen) atoms. The van der Waals surface area contributed by atoms with Crippen LogP contribution >= 0.6 is 0 Å². The Bertz CT molecular complexity index is 300. The predicted octanol–water partition coefficient (Wildman–Crippen LogP) is 1.90. The molecular formula is C10H16F3NO3. The summed E-state index contributed by atoms with van der Waals surface area (Å²) in [6.45, 7) is 1.73. The van der Waals surface area contributed by atoms with Crippen LogP contribution < -0.4 is 0 Å². The number of aliphatic carboxylic acids is 1. The van der Waals surface area contributed by atoms with Gasteiger partial charge in [0.05, 0.1) is 6.42 Å². The highest BCUT2D eigenvalue weighted by atomic mass is 19.4. The van der Waals surface area contributed by atoms with Crippen molar-refractivity contribution in [2.45, 2.75) is 32.9 Å². The Hall–Kier alpha value is -1.27. The summed E-state index contributed by atoms with van der Waals surface area (Å²) in [5.74, 6) is -1.80. The van der Waals surface area contributed by atoms with Gasteiger partial charge in [0, 0.05) is 13.5 Å². The summed E-state index contributed by atoms with van der Waals surface area (Å²) < 4.78 is 36.1. The maximum Gasteiger partial charge on any atom is 0.406 e. The highest BCUT2D eigenvalue weighted by Gasteiger charge is 2.33. The summed E-state index contributed by atoms with van der Waals surface area (Å²) in [6.07, 6.45) is -4.94. The van der Waals surface area contributed by atoms with Crippen LogP contribution in [0.1, 0.15) is 26.7 Å². The molecule has 0 aromatic heterocycles. The topological polar surface area (TPSA) is 57.6 Å². The van der Waals surface area contributed by atoms with E-state index in [1.54, 1.807) is 0 Å². The molecule has 1 amide bonds. The second-order valence-electron chi connectivity index (χ2n) is 4.78. The molecule has 4 nitrogen and oxygen atoms in total. The molecule has 0 atom stereocenters. The molecule has 0 aliphatic rings. The Morgan fingerprint density at radius 2 is 1.65 bits per heavy atom. The third-order valence-electron chi connectivity index (χ3n) is 2.10. The Morgan fingerprint density at radius 1 is 1.18 bits per heavy atom. The van der Waals surface area contributed by atoms with Gasteiger partial charge in [0.25, 0.3) is 0 Å². The van der Waals surface area contributed by atoms with Crippen molar-refractivity contribution in [3.05, 3.63) is 0 Å². The van der Waals surface area contributed by atoms with E-state index in [0.29, 0.717) is 4.90 Å². The number of rotatable bonds is 5. The van der Waals surface area contributed by atoms with E-state index in [4.69, 9.17) is 5.11 Å². The fourth-order valence-corrected chi connectivity index (χ4v) is 1.37. The van der Waals surface area contributed by atoms with Crippen LogP contribution in [0.15, 0.2) is 0 Å². The van der Waals surface area contributed by atoms with E-state index in [9.17, 15) is 22.8 Å². The zero-order valence-corrected chi connectivity index (χ0v) is 9.97. The SMILES string of the molecule is CN(CC(F)(F)F)C(=O)CC(C)(C)CC(=O)O. The van der Waals surface area contributed by atoms with Gasteiger partial charge in [-0.3, -0.25) is 9.59 Å². The average Bonchev–Trinajstić information content (AvgIpc) is 1.96. The Labute approximate surface area is 97.4 Å². The van der Waals surface area contributed by atoms with Crippen LogP contribution in [0.25, 0.3) is 0 Å². The van der Waals surface area contributed by atoms with Gasteiger partial charge < -0.3 is 10.0 Å². The van der Waals surface area contributed by atoms with Crippen molar-refractivity contribution in [2.24, 2.45) is 5.41 Å². The first-order valence-corrected chi connectivity index (χ1v) is 4.95. The third kappa shape index (κ3) is 7.59. The number of carbonyl (C=O) groups is 2. The number of carboxylic acid groups (broad SMARTS) is 1. The van der Waals surface area contributed by atoms with E-state index in [0.717, 1.165) is 7.05 Å². The molecular weight excluding hydrogens is 239 g/mol. The first-order chi connectivity index (χ1) is 7.43. The molecule has 100 valence electrons. The van der Waals surface area contributed by atoms with Gasteiger partial charge >= 0.3 is 12.1 Å². The van der Waals surface area contributed by atoms with E-state index < -0.39 is 30.0 Å². The van der Waals surface area contributed by atoms with Crippen LogP contribution in [0.2, 0.25) is 0 Å². The molecule has 1 N–H and O–H groups in total. The zero-order chi connectivity index (χ0) is 13.9. The van der Waals surface area contributed by atoms with Gasteiger partial charge in [-0.2, -0.15) is 13.2 Å². The smallest absolute Gasteiger partial charge is 0.406 e. The van der Waals surface area contributed by atoms with Crippen molar-refractivity contribution in [1.29, 1.82) is 0 Å². The van der Waals surface area contributed by atoms with Crippen LogP contribution in [-0.4, -0.2) is 41.7 Å². The van der Waals surface area contributed by atoms with Crippen LogP contribution in [0.4, 0.5) is 13.2 Å². The normalized spacial score (nSPS) is 12.4. The lowest BCUT2D eigenvalue weighted by Crippen LogP contribution is -2.38. The molecule has 0 rings (SSSR count). The van der Waals surface area contributed by atoms with Crippen molar-refractivity contribution < 1.29 is 27.9 Å². The number of hydrogen-bond donors (Lipinski definition) is 1. The van der Waals surface area contributed by atoms with Crippen LogP contribution in [0.5, 0.6) is 0 Å². The summed E-state index contributed by atoms with van der Waals surface area (Å²) in [4.78, 5) is 22.5. The molecule has 0 fully saturated rings. The first-order valence-electron chi connectivity index (χ1n) is 4.95. The summed E-state index contributed by atoms with van der Waals surface area (Å²) in [6, 6.07) is 0. The lowest BCUT2D eigenvalue weighted by atomic mass is 9.85. The summed E-state index contributed by atoms with van der Waals surface area (Å²) in [7, 11) is 1.05. The maximum absolute atomic E-state index is 12.0. The Balaban J connectivity index is 4.39. The monoisotopic (exact) mass is 255 g/mol. The second-order valence-corrected chi connectivity index (χ2v) is 4.78. The van der Waals surface area contributed by atoms with Crippen LogP contribution in [0, 0.1) is 5.41 Å². The minimum atomic E-state index is -4.44. The highest BCUT2D eigenvalue weighted by molar-refractivity contribution is 5.77. The fraction of sp³-hybridized carbons (Fsp3) is 0.800. The Morgan fingerprint density at radius 3 is 2.00 bits per heavy atom. The Kier molecular flexibility index (Phi) is 4.97. The van der Waals surface area contributed by atoms with Crippen molar-refractivity contribution in [3.8, 4) is 0 Å². The van der Waals surface area contributed by atoms with Crippen LogP contribution in [0.3, 0.4) is 0 Å². The zero-order valence-electron chi connectivity index (χ0n) is 9.97. The van der Waals surface area contributed by atoms with E-state index in [1.807, 2.05) is 0 Å². The number of nitrogens with zero attached hydrogens (tertiary/aromatic N) is 1. The van der Waals surface area contributed by atoms with Crippen molar-refractivity contribution >= 4 is 11.9 Å². The molecule has 0 heterocycles. The minimum absolute atomic E-state index is 0.230. The lowest BCUT2D eigenvalue weighted by molar-refractivity contribution is -0.160. The molecule has 0 spiro atoms. The second kappa shape index (κ2) is 5.37. The van der Waals surface area contributed by atoms with Gasteiger partial charge in [-0.05, 0) is 5.41 Å². The first kappa shape index (κ1) is 15.7. The summed E-state index contributed by atoms with van der Waals surface area (Å²) in [5.41, 5.74) is -0.858. The molecule has 0 saturated carbocycles. The standard InChI is InChI=1S/C10H16F3NO3/c1-9(2,5-8(16)17)4-7(15)14(3)6-10(11,12)13/h4-6H2,1-3H3,(H,16,17). The summed E-state index contributed by atoms with van der Waals surface area (Å²) in [5, 5.41) is 8.58. The van der Waals surface area contributed by atoms with Crippen molar-refractivity contribution in [2.75, 3.05) is 13.6 Å². The van der Waals surface area contributed by atoms with E-state index >= 15 is 0 Å². The van der Waals surface area contributed by atoms with Gasteiger partial charge in [-0.15, -0.1) is 0 Å². The lowest BCUT2D eigenvalue weighted by Gasteiger charge is -2.26. The third-order valence-corrected chi connectivity index (χ3v) is 2.10. The summed E-state index contributed by atoms with van der Waals surface area (Å²) >= 11 is 0. The molecule has 0 aliphatic heterocycles. The van der Waals surface area contributed by atoms with Gasteiger partial charge in [-0.25, -0.2) is 0 Å². The molecule has 0 saturated heterocycles. The molecule has 0 aliphatic carbocycles. The minimum Gasteiger partial charge on any atom is -0.481 e. The molecule has 0 unspecified atom stereocenters. The van der Waals surface area contributed by atoms with E-state index in [1.165, 1.54) is 13.8 Å². The van der Waals surface area contributed by atoms with Gasteiger partial charge in [0.2, 0.25) is 5.91 Å². The molecule has 7 heteroatoms. The predicted molar refractivity (Wildman–Crippen MR) is 54.3 cm³/mol. The van der Waals surface area contributed by atoms with Crippen molar-refractivity contribution in [1.82, 2.24) is 4.90 Å². The van der Waals surface area contributed by atoms with Crippen LogP contribution in [-0.2, 0) is 9.59 Å².